The lowest BCUT2D eigenvalue weighted by molar-refractivity contribution is -0.153. The van der Waals surface area contributed by atoms with Crippen LogP contribution in [0.5, 0.6) is 0 Å². The van der Waals surface area contributed by atoms with Gasteiger partial charge in [-0.1, -0.05) is 169 Å². The minimum atomic E-state index is -1.18. The second-order valence-electron chi connectivity index (χ2n) is 29.5. The number of carbonyl (C=O) groups is 8. The van der Waals surface area contributed by atoms with E-state index in [0.29, 0.717) is 19.3 Å². The van der Waals surface area contributed by atoms with Gasteiger partial charge in [-0.05, 0) is 127 Å². The minimum Gasteiger partial charge on any atom is -0.449 e. The maximum Gasteiger partial charge on any atom is 0.410 e. The van der Waals surface area contributed by atoms with Gasteiger partial charge in [-0.3, -0.25) is 33.7 Å². The van der Waals surface area contributed by atoms with Crippen molar-refractivity contribution in [1.82, 2.24) is 40.9 Å². The van der Waals surface area contributed by atoms with Crippen LogP contribution >= 0.6 is 0 Å². The first-order chi connectivity index (χ1) is 44.6. The Labute approximate surface area is 553 Å². The average Bonchev–Trinajstić information content (AvgIpc) is 1.51. The Morgan fingerprint density at radius 1 is 0.660 bits per heavy atom. The van der Waals surface area contributed by atoms with Crippen LogP contribution in [0.15, 0.2) is 127 Å². The number of ether oxygens (including phenoxy) is 3. The van der Waals surface area contributed by atoms with Gasteiger partial charge in [0.25, 0.3) is 0 Å². The maximum atomic E-state index is 16.3. The Kier molecular flexibility index (Phi) is 20.2. The van der Waals surface area contributed by atoms with E-state index in [2.05, 4.69) is 39.5 Å². The number of nitrogens with zero attached hydrogens (tertiary/aromatic N) is 4. The quantitative estimate of drug-likeness (QED) is 0.0609. The van der Waals surface area contributed by atoms with Crippen molar-refractivity contribution >= 4 is 47.6 Å². The molecule has 2 aliphatic heterocycles. The Bertz CT molecular complexity index is 3600. The lowest BCUT2D eigenvalue weighted by atomic mass is 9.84. The number of fused-ring (bicyclic) bond motifs is 5. The van der Waals surface area contributed by atoms with Gasteiger partial charge >= 0.3 is 12.2 Å². The van der Waals surface area contributed by atoms with Crippen molar-refractivity contribution in [2.45, 2.75) is 181 Å². The Balaban J connectivity index is 0.924. The first kappa shape index (κ1) is 68.3. The molecule has 1 saturated carbocycles. The van der Waals surface area contributed by atoms with Crippen molar-refractivity contribution in [3.63, 3.8) is 0 Å². The third-order valence-corrected chi connectivity index (χ3v) is 19.5. The molecule has 0 bridgehead atoms. The Morgan fingerprint density at radius 3 is 1.83 bits per heavy atom. The van der Waals surface area contributed by atoms with E-state index in [4.69, 9.17) is 14.2 Å². The molecule has 0 radical (unpaired) electrons. The second-order valence-corrected chi connectivity index (χ2v) is 29.5. The predicted octanol–water partition coefficient (Wildman–Crippen LogP) is 9.96. The topological polar surface area (TPSA) is 225 Å². The average molecular weight is 1280 g/mol. The number of likely N-dealkylation sites (tertiary alicyclic amines) is 1. The van der Waals surface area contributed by atoms with Crippen LogP contribution in [0, 0.1) is 16.2 Å². The van der Waals surface area contributed by atoms with Crippen molar-refractivity contribution in [1.29, 1.82) is 0 Å². The number of methoxy groups -OCH3 is 1. The second kappa shape index (κ2) is 27.8. The number of aryl methyl sites for hydroxylation is 1. The van der Waals surface area contributed by atoms with Crippen molar-refractivity contribution in [3.8, 4) is 11.1 Å². The zero-order valence-corrected chi connectivity index (χ0v) is 56.6. The fraction of sp³-hybridized carbons (Fsp3) is 0.493. The number of amides is 8. The van der Waals surface area contributed by atoms with Crippen molar-refractivity contribution < 1.29 is 52.6 Å². The molecule has 8 amide bonds. The smallest absolute Gasteiger partial charge is 0.410 e. The van der Waals surface area contributed by atoms with Gasteiger partial charge < -0.3 is 50.2 Å². The van der Waals surface area contributed by atoms with Crippen LogP contribution in [0.3, 0.4) is 0 Å². The number of alkyl carbamates (subject to hydrolysis) is 1. The van der Waals surface area contributed by atoms with E-state index in [9.17, 15) is 19.2 Å². The molecule has 500 valence electrons. The lowest BCUT2D eigenvalue weighted by Crippen LogP contribution is -2.62. The SMILES string of the molecule is COC[C@H](c1ccccc1)N(CC1(C(=O)N[C@H]2C[C@@H](C(=O)N[C@@H]3CCCc4ccccc43)N(C(=O)[C@@H](NC(=O)[C@H](C)N(C)C(=O)OC(C)(C)C)C(C)(C)C)C2)CC1)C(=O)[C@@H]1Cc2ccccc2CN1C(=O)[C@@H](NC(=O)OCC1c2ccccc2-c2ccccc21)C(C)(C)C. The van der Waals surface area contributed by atoms with Crippen LogP contribution < -0.4 is 21.3 Å². The molecule has 5 aliphatic rings. The summed E-state index contributed by atoms with van der Waals surface area (Å²) in [6.45, 7) is 17.7. The van der Waals surface area contributed by atoms with Gasteiger partial charge in [0.05, 0.1) is 24.1 Å². The van der Waals surface area contributed by atoms with E-state index in [1.54, 1.807) is 44.6 Å². The highest BCUT2D eigenvalue weighted by Crippen LogP contribution is 2.49. The molecule has 2 fully saturated rings. The molecule has 0 unspecified atom stereocenters. The molecule has 19 nitrogen and oxygen atoms in total. The molecule has 3 aliphatic carbocycles. The predicted molar refractivity (Wildman–Crippen MR) is 358 cm³/mol. The summed E-state index contributed by atoms with van der Waals surface area (Å²) in [4.78, 5) is 125. The molecular formula is C75H94N8O11. The molecule has 19 heteroatoms. The Hall–Kier alpha value is -8.58. The van der Waals surface area contributed by atoms with Crippen LogP contribution in [-0.4, -0.2) is 150 Å². The third-order valence-electron chi connectivity index (χ3n) is 19.5. The summed E-state index contributed by atoms with van der Waals surface area (Å²) in [6.07, 6.45) is 1.91. The fourth-order valence-corrected chi connectivity index (χ4v) is 13.9. The summed E-state index contributed by atoms with van der Waals surface area (Å²) in [5.41, 5.74) is 5.14. The highest BCUT2D eigenvalue weighted by atomic mass is 16.6. The molecule has 8 atom stereocenters. The molecular weight excluding hydrogens is 1190 g/mol. The molecule has 94 heavy (non-hydrogen) atoms. The maximum absolute atomic E-state index is 16.3. The summed E-state index contributed by atoms with van der Waals surface area (Å²) in [5, 5.41) is 12.4. The molecule has 0 aromatic heterocycles. The standard InChI is InChI=1S/C75H94N8O11/c1-46(80(11)71(91)94-74(8,9)10)64(84)78-62(72(2,3)4)67(87)82-42-51(40-59(82)65(85)77-58-36-24-30-47-25-18-19-31-52(47)58)76-69(89)75(37-38-75)45-83(61(44-92-12)48-26-14-13-15-27-48)66(86)60-39-49-28-16-17-29-50(49)41-81(60)68(88)63(73(5,6)7)79-70(90)93-43-57-55-34-22-20-32-53(55)54-33-21-23-35-56(54)57/h13-23,25-29,31-35,46,51,57-63H,24,30,36-45H2,1-12H3,(H,76,89)(H,77,85)(H,78,84)(H,79,90)/t46-,51-,58+,59-,60-,61+,62+,63+/m0/s1. The number of hydrogen-bond donors (Lipinski definition) is 4. The highest BCUT2D eigenvalue weighted by molar-refractivity contribution is 5.96. The third kappa shape index (κ3) is 15.0. The first-order valence-electron chi connectivity index (χ1n) is 33.2. The van der Waals surface area contributed by atoms with Crippen molar-refractivity contribution in [3.05, 3.63) is 166 Å². The normalized spacial score (nSPS) is 20.1. The number of nitrogens with one attached hydrogen (secondary N) is 4. The molecule has 5 aromatic rings. The number of likely N-dealkylation sites (N-methyl/N-ethyl adjacent to an activating group) is 1. The molecule has 4 N–H and O–H groups in total. The van der Waals surface area contributed by atoms with Crippen LogP contribution in [0.4, 0.5) is 9.59 Å². The van der Waals surface area contributed by atoms with E-state index in [1.807, 2.05) is 151 Å². The summed E-state index contributed by atoms with van der Waals surface area (Å²) in [5.74, 6) is -3.01. The van der Waals surface area contributed by atoms with E-state index in [-0.39, 0.29) is 63.6 Å². The zero-order chi connectivity index (χ0) is 67.6. The summed E-state index contributed by atoms with van der Waals surface area (Å²) in [7, 11) is 3.01. The fourth-order valence-electron chi connectivity index (χ4n) is 13.9. The van der Waals surface area contributed by atoms with E-state index < -0.39 is 106 Å². The summed E-state index contributed by atoms with van der Waals surface area (Å²) < 4.78 is 17.5. The Morgan fingerprint density at radius 2 is 1.22 bits per heavy atom. The first-order valence-corrected chi connectivity index (χ1v) is 33.2. The monoisotopic (exact) mass is 1280 g/mol. The van der Waals surface area contributed by atoms with Crippen LogP contribution in [0.1, 0.15) is 158 Å². The number of carbonyl (C=O) groups excluding carboxylic acids is 8. The van der Waals surface area contributed by atoms with Gasteiger partial charge in [0.1, 0.15) is 42.4 Å². The van der Waals surface area contributed by atoms with Gasteiger partial charge in [0, 0.05) is 52.2 Å². The van der Waals surface area contributed by atoms with Crippen LogP contribution in [-0.2, 0) is 62.4 Å². The van der Waals surface area contributed by atoms with Crippen LogP contribution in [0.25, 0.3) is 11.1 Å². The zero-order valence-electron chi connectivity index (χ0n) is 56.6. The van der Waals surface area contributed by atoms with E-state index in [0.717, 1.165) is 62.9 Å². The molecule has 2 heterocycles. The summed E-state index contributed by atoms with van der Waals surface area (Å²) in [6, 6.07) is 33.9. The summed E-state index contributed by atoms with van der Waals surface area (Å²) >= 11 is 0. The molecule has 0 spiro atoms. The van der Waals surface area contributed by atoms with Gasteiger partial charge in [0.2, 0.25) is 35.4 Å². The largest absolute Gasteiger partial charge is 0.449 e. The number of rotatable bonds is 19. The number of benzene rings is 5. The van der Waals surface area contributed by atoms with Gasteiger partial charge in [0.15, 0.2) is 0 Å². The van der Waals surface area contributed by atoms with E-state index >= 15 is 19.2 Å². The van der Waals surface area contributed by atoms with Gasteiger partial charge in [-0.2, -0.15) is 0 Å². The highest BCUT2D eigenvalue weighted by Gasteiger charge is 2.56. The minimum absolute atomic E-state index is 0.0332. The lowest BCUT2D eigenvalue weighted by Gasteiger charge is -2.44. The van der Waals surface area contributed by atoms with Crippen LogP contribution in [0.2, 0.25) is 0 Å². The van der Waals surface area contributed by atoms with Crippen molar-refractivity contribution in [2.24, 2.45) is 16.2 Å². The number of hydrogen-bond acceptors (Lipinski definition) is 11. The van der Waals surface area contributed by atoms with Gasteiger partial charge in [-0.25, -0.2) is 9.59 Å². The molecule has 10 rings (SSSR count). The molecule has 5 aromatic carbocycles. The van der Waals surface area contributed by atoms with E-state index in [1.165, 1.54) is 16.8 Å². The van der Waals surface area contributed by atoms with Gasteiger partial charge in [-0.15, -0.1) is 0 Å². The molecule has 1 saturated heterocycles. The van der Waals surface area contributed by atoms with Crippen molar-refractivity contribution in [2.75, 3.05) is 40.5 Å².